The van der Waals surface area contributed by atoms with Gasteiger partial charge in [0, 0.05) is 13.5 Å². The predicted molar refractivity (Wildman–Crippen MR) is 45.9 cm³/mol. The number of carbonyl (C=O) groups excluding carboxylic acids is 1. The van der Waals surface area contributed by atoms with E-state index in [4.69, 9.17) is 9.47 Å². The molecule has 3 nitrogen and oxygen atoms in total. The molecule has 0 spiro atoms. The van der Waals surface area contributed by atoms with Gasteiger partial charge in [0.1, 0.15) is 0 Å². The number of thioether (sulfide) groups is 1. The van der Waals surface area contributed by atoms with Crippen LogP contribution in [0.15, 0.2) is 0 Å². The van der Waals surface area contributed by atoms with E-state index in [-0.39, 0.29) is 11.2 Å². The van der Waals surface area contributed by atoms with Crippen molar-refractivity contribution in [2.45, 2.75) is 30.3 Å². The summed E-state index contributed by atoms with van der Waals surface area (Å²) in [7, 11) is 1.62. The summed E-state index contributed by atoms with van der Waals surface area (Å²) in [5.74, 6) is 0.420. The van der Waals surface area contributed by atoms with Crippen LogP contribution in [0.3, 0.4) is 0 Å². The quantitative estimate of drug-likeness (QED) is 0.579. The molecule has 12 heavy (non-hydrogen) atoms. The number of methoxy groups -OCH3 is 1. The third-order valence-electron chi connectivity index (χ3n) is 2.46. The maximum Gasteiger partial charge on any atom is 0.309 e. The molecule has 0 saturated carbocycles. The first kappa shape index (κ1) is 8.38. The van der Waals surface area contributed by atoms with E-state index in [1.54, 1.807) is 18.9 Å². The van der Waals surface area contributed by atoms with Gasteiger partial charge >= 0.3 is 5.97 Å². The van der Waals surface area contributed by atoms with E-state index in [9.17, 15) is 4.79 Å². The van der Waals surface area contributed by atoms with Crippen LogP contribution in [0, 0.1) is 0 Å². The Morgan fingerprint density at radius 1 is 1.75 bits per heavy atom. The monoisotopic (exact) mass is 188 g/mol. The van der Waals surface area contributed by atoms with E-state index in [2.05, 4.69) is 0 Å². The van der Waals surface area contributed by atoms with Crippen LogP contribution in [0.2, 0.25) is 0 Å². The maximum atomic E-state index is 11.1. The van der Waals surface area contributed by atoms with Crippen molar-refractivity contribution in [1.82, 2.24) is 0 Å². The molecule has 0 aromatic rings. The molecule has 0 amide bonds. The van der Waals surface area contributed by atoms with Gasteiger partial charge in [-0.2, -0.15) is 11.8 Å². The minimum Gasteiger partial charge on any atom is -0.432 e. The molecule has 2 aliphatic heterocycles. The molecular formula is C8H12O3S. The first-order chi connectivity index (χ1) is 5.77. The van der Waals surface area contributed by atoms with Gasteiger partial charge in [0.05, 0.1) is 11.7 Å². The Bertz CT molecular complexity index is 206. The number of esters is 1. The Morgan fingerprint density at radius 2 is 2.58 bits per heavy atom. The number of rotatable bonds is 1. The van der Waals surface area contributed by atoms with Crippen molar-refractivity contribution in [3.05, 3.63) is 0 Å². The fourth-order valence-electron chi connectivity index (χ4n) is 1.82. The van der Waals surface area contributed by atoms with Crippen LogP contribution >= 0.6 is 11.8 Å². The Kier molecular flexibility index (Phi) is 2.04. The molecule has 2 heterocycles. The van der Waals surface area contributed by atoms with Crippen molar-refractivity contribution in [2.75, 3.05) is 12.9 Å². The van der Waals surface area contributed by atoms with Crippen molar-refractivity contribution in [3.63, 3.8) is 0 Å². The van der Waals surface area contributed by atoms with Crippen molar-refractivity contribution < 1.29 is 14.3 Å². The first-order valence-corrected chi connectivity index (χ1v) is 5.20. The summed E-state index contributed by atoms with van der Waals surface area (Å²) in [6.07, 6.45) is 2.44. The van der Waals surface area contributed by atoms with Gasteiger partial charge in [0.15, 0.2) is 0 Å². The number of ether oxygens (including phenoxy) is 2. The van der Waals surface area contributed by atoms with E-state index >= 15 is 0 Å². The van der Waals surface area contributed by atoms with Gasteiger partial charge < -0.3 is 9.47 Å². The minimum absolute atomic E-state index is 0.115. The van der Waals surface area contributed by atoms with E-state index in [0.717, 1.165) is 18.6 Å². The molecule has 0 aromatic carbocycles. The zero-order valence-corrected chi connectivity index (χ0v) is 7.86. The normalized spacial score (nSPS) is 40.8. The molecule has 2 aliphatic rings. The summed E-state index contributed by atoms with van der Waals surface area (Å²) in [6.45, 7) is 0. The lowest BCUT2D eigenvalue weighted by atomic mass is 10.1. The van der Waals surface area contributed by atoms with Gasteiger partial charge in [-0.15, -0.1) is 0 Å². The van der Waals surface area contributed by atoms with Gasteiger partial charge in [-0.25, -0.2) is 0 Å². The lowest BCUT2D eigenvalue weighted by molar-refractivity contribution is -0.202. The minimum atomic E-state index is -0.583. The maximum absolute atomic E-state index is 11.1. The fourth-order valence-corrected chi connectivity index (χ4v) is 3.19. The smallest absolute Gasteiger partial charge is 0.309 e. The summed E-state index contributed by atoms with van der Waals surface area (Å²) < 4.78 is 10.5. The van der Waals surface area contributed by atoms with Gasteiger partial charge in [-0.05, 0) is 12.2 Å². The van der Waals surface area contributed by atoms with Crippen LogP contribution < -0.4 is 0 Å². The second-order valence-electron chi connectivity index (χ2n) is 3.16. The first-order valence-electron chi connectivity index (χ1n) is 4.15. The molecule has 0 N–H and O–H groups in total. The molecule has 0 unspecified atom stereocenters. The molecule has 68 valence electrons. The standard InChI is InChI=1S/C8H12O3S/c1-10-8-3-2-4-12-6(8)5-7(9)11-8/h6H,2-5H2,1H3/t6-,8-/m1/s1. The third-order valence-corrected chi connectivity index (χ3v) is 3.92. The van der Waals surface area contributed by atoms with Crippen LogP contribution in [0.4, 0.5) is 0 Å². The molecule has 0 radical (unpaired) electrons. The van der Waals surface area contributed by atoms with Gasteiger partial charge in [0.2, 0.25) is 5.79 Å². The molecule has 2 fully saturated rings. The molecule has 2 atom stereocenters. The molecular weight excluding hydrogens is 176 g/mol. The molecule has 0 bridgehead atoms. The number of carbonyl (C=O) groups is 1. The van der Waals surface area contributed by atoms with E-state index in [1.165, 1.54) is 0 Å². The Balaban J connectivity index is 2.19. The molecule has 4 heteroatoms. The molecule has 0 aromatic heterocycles. The van der Waals surface area contributed by atoms with Crippen molar-refractivity contribution in [2.24, 2.45) is 0 Å². The average molecular weight is 188 g/mol. The summed E-state index contributed by atoms with van der Waals surface area (Å²) in [4.78, 5) is 11.1. The zero-order chi connectivity index (χ0) is 8.60. The lowest BCUT2D eigenvalue weighted by Crippen LogP contribution is -2.42. The third kappa shape index (κ3) is 1.13. The summed E-state index contributed by atoms with van der Waals surface area (Å²) >= 11 is 1.79. The van der Waals surface area contributed by atoms with Crippen molar-refractivity contribution in [1.29, 1.82) is 0 Å². The van der Waals surface area contributed by atoms with Crippen molar-refractivity contribution in [3.8, 4) is 0 Å². The Hall–Kier alpha value is -0.220. The molecule has 2 saturated heterocycles. The topological polar surface area (TPSA) is 35.5 Å². The van der Waals surface area contributed by atoms with Crippen LogP contribution in [0.5, 0.6) is 0 Å². The zero-order valence-electron chi connectivity index (χ0n) is 7.04. The fraction of sp³-hybridized carbons (Fsp3) is 0.875. The summed E-state index contributed by atoms with van der Waals surface area (Å²) in [5, 5.41) is 0.226. The van der Waals surface area contributed by atoms with Crippen LogP contribution in [0.1, 0.15) is 19.3 Å². The van der Waals surface area contributed by atoms with Gasteiger partial charge in [-0.3, -0.25) is 4.79 Å². The number of hydrogen-bond acceptors (Lipinski definition) is 4. The summed E-state index contributed by atoms with van der Waals surface area (Å²) in [5.41, 5.74) is 0. The van der Waals surface area contributed by atoms with Crippen LogP contribution in [-0.2, 0) is 14.3 Å². The van der Waals surface area contributed by atoms with E-state index < -0.39 is 5.79 Å². The van der Waals surface area contributed by atoms with E-state index in [0.29, 0.717) is 6.42 Å². The highest BCUT2D eigenvalue weighted by Crippen LogP contribution is 2.43. The molecule has 2 rings (SSSR count). The average Bonchev–Trinajstić information content (AvgIpc) is 2.41. The summed E-state index contributed by atoms with van der Waals surface area (Å²) in [6, 6.07) is 0. The predicted octanol–water partition coefficient (Wildman–Crippen LogP) is 1.17. The van der Waals surface area contributed by atoms with E-state index in [1.807, 2.05) is 0 Å². The Morgan fingerprint density at radius 3 is 3.25 bits per heavy atom. The largest absolute Gasteiger partial charge is 0.432 e. The van der Waals surface area contributed by atoms with Crippen molar-refractivity contribution >= 4 is 17.7 Å². The number of fused-ring (bicyclic) bond motifs is 1. The molecule has 0 aliphatic carbocycles. The highest BCUT2D eigenvalue weighted by molar-refractivity contribution is 8.00. The lowest BCUT2D eigenvalue weighted by Gasteiger charge is -2.34. The second kappa shape index (κ2) is 2.92. The van der Waals surface area contributed by atoms with Gasteiger partial charge in [-0.1, -0.05) is 0 Å². The second-order valence-corrected chi connectivity index (χ2v) is 4.47. The van der Waals surface area contributed by atoms with Crippen LogP contribution in [-0.4, -0.2) is 29.9 Å². The Labute approximate surface area is 75.8 Å². The number of hydrogen-bond donors (Lipinski definition) is 0. The highest BCUT2D eigenvalue weighted by atomic mass is 32.2. The highest BCUT2D eigenvalue weighted by Gasteiger charge is 2.51. The van der Waals surface area contributed by atoms with Gasteiger partial charge in [0.25, 0.3) is 0 Å². The SMILES string of the molecule is CO[C@@]12CCCS[C@@H]1CC(=O)O2. The van der Waals surface area contributed by atoms with Crippen LogP contribution in [0.25, 0.3) is 0 Å².